The summed E-state index contributed by atoms with van der Waals surface area (Å²) in [6, 6.07) is 10.2. The zero-order chi connectivity index (χ0) is 26.7. The molecule has 14 heteroatoms. The minimum absolute atomic E-state index is 0.110. The number of hydrogen-bond acceptors (Lipinski definition) is 4. The van der Waals surface area contributed by atoms with E-state index in [1.807, 2.05) is 39.0 Å². The first-order chi connectivity index (χ1) is 14.6. The lowest BCUT2D eigenvalue weighted by Gasteiger charge is -2.17. The summed E-state index contributed by atoms with van der Waals surface area (Å²) >= 11 is 0. The number of benzene rings is 1. The Morgan fingerprint density at radius 2 is 1.15 bits per heavy atom. The van der Waals surface area contributed by atoms with Crippen LogP contribution < -0.4 is 5.32 Å². The van der Waals surface area contributed by atoms with Crippen molar-refractivity contribution in [3.8, 4) is 0 Å². The molecule has 0 aliphatic rings. The highest BCUT2D eigenvalue weighted by Crippen LogP contribution is 2.24. The van der Waals surface area contributed by atoms with Gasteiger partial charge in [-0.2, -0.15) is 39.5 Å². The van der Waals surface area contributed by atoms with Gasteiger partial charge in [-0.1, -0.05) is 51.1 Å². The van der Waals surface area contributed by atoms with E-state index >= 15 is 0 Å². The van der Waals surface area contributed by atoms with Crippen LogP contribution in [0.15, 0.2) is 30.3 Å². The van der Waals surface area contributed by atoms with Crippen molar-refractivity contribution in [3.63, 3.8) is 0 Å². The topological polar surface area (TPSA) is 80.3 Å². The molecule has 0 bridgehead atoms. The molecular formula is C19H20F9NO4. The Bertz CT molecular complexity index is 754. The number of carbonyl (C=O) groups is 4. The molecule has 188 valence electrons. The van der Waals surface area contributed by atoms with Gasteiger partial charge >= 0.3 is 30.1 Å². The average molecular weight is 497 g/mol. The van der Waals surface area contributed by atoms with Crippen LogP contribution in [0.4, 0.5) is 39.5 Å². The Morgan fingerprint density at radius 3 is 1.42 bits per heavy atom. The highest BCUT2D eigenvalue weighted by Gasteiger charge is 2.54. The van der Waals surface area contributed by atoms with Gasteiger partial charge in [0.1, 0.15) is 0 Å². The van der Waals surface area contributed by atoms with Gasteiger partial charge in [-0.15, -0.1) is 0 Å². The number of alkyl halides is 9. The number of nitrogens with one attached hydrogen (secondary N) is 1. The van der Waals surface area contributed by atoms with Crippen LogP contribution in [0, 0.1) is 5.41 Å². The summed E-state index contributed by atoms with van der Waals surface area (Å²) in [7, 11) is 0. The number of halogens is 9. The van der Waals surface area contributed by atoms with E-state index in [-0.39, 0.29) is 11.3 Å². The predicted octanol–water partition coefficient (Wildman–Crippen LogP) is 4.39. The predicted molar refractivity (Wildman–Crippen MR) is 96.9 cm³/mol. The standard InChI is InChI=1S/C13H19NO.C4F6O2.C2HF3O/c1-13(2,3)12(15)14-10-9-11-7-5-4-6-8-11;5-3(6,7)1(11)2(12)4(8,9)10;3-2(4,5)1-6/h4-8H,9-10H2,1-3H3,(H,14,15);;1H. The molecule has 0 spiro atoms. The maximum Gasteiger partial charge on any atom is 0.458 e. The SMILES string of the molecule is CC(C)(C)C(=O)NCCc1ccccc1.O=C(C(=O)C(F)(F)F)C(F)(F)F.O=CC(F)(F)F. The van der Waals surface area contributed by atoms with E-state index in [9.17, 15) is 53.9 Å². The minimum Gasteiger partial charge on any atom is -0.355 e. The Balaban J connectivity index is 0. The lowest BCUT2D eigenvalue weighted by molar-refractivity contribution is -0.193. The zero-order valence-electron chi connectivity index (χ0n) is 17.4. The number of hydrogen-bond donors (Lipinski definition) is 1. The highest BCUT2D eigenvalue weighted by molar-refractivity contribution is 6.41. The van der Waals surface area contributed by atoms with E-state index in [0.29, 0.717) is 6.54 Å². The van der Waals surface area contributed by atoms with Gasteiger partial charge < -0.3 is 5.32 Å². The van der Waals surface area contributed by atoms with Crippen LogP contribution in [0.25, 0.3) is 0 Å². The Morgan fingerprint density at radius 1 is 0.788 bits per heavy atom. The van der Waals surface area contributed by atoms with Crippen LogP contribution in [0.1, 0.15) is 26.3 Å². The number of carbonyl (C=O) groups excluding carboxylic acids is 4. The second-order valence-corrected chi connectivity index (χ2v) is 7.05. The summed E-state index contributed by atoms with van der Waals surface area (Å²) in [6.45, 7) is 6.47. The summed E-state index contributed by atoms with van der Waals surface area (Å²) < 4.78 is 98.2. The summed E-state index contributed by atoms with van der Waals surface area (Å²) in [5.74, 6) is -6.71. The third kappa shape index (κ3) is 16.4. The fraction of sp³-hybridized carbons (Fsp3) is 0.474. The second-order valence-electron chi connectivity index (χ2n) is 7.05. The number of ketones is 2. The molecule has 0 saturated carbocycles. The smallest absolute Gasteiger partial charge is 0.355 e. The third-order valence-corrected chi connectivity index (χ3v) is 3.08. The summed E-state index contributed by atoms with van der Waals surface area (Å²) in [5.41, 5.74) is 0.961. The Labute approximate surface area is 182 Å². The van der Waals surface area contributed by atoms with Gasteiger partial charge in [0.2, 0.25) is 12.2 Å². The van der Waals surface area contributed by atoms with Crippen molar-refractivity contribution in [1.82, 2.24) is 5.32 Å². The molecule has 33 heavy (non-hydrogen) atoms. The van der Waals surface area contributed by atoms with E-state index in [1.165, 1.54) is 5.56 Å². The van der Waals surface area contributed by atoms with Gasteiger partial charge in [0, 0.05) is 12.0 Å². The maximum absolute atomic E-state index is 11.5. The maximum atomic E-state index is 11.5. The quantitative estimate of drug-likeness (QED) is 0.380. The summed E-state index contributed by atoms with van der Waals surface area (Å²) in [6.07, 6.45) is -16.4. The van der Waals surface area contributed by atoms with Crippen molar-refractivity contribution in [3.05, 3.63) is 35.9 Å². The number of Topliss-reactive ketones (excluding diaryl/α,β-unsaturated/α-hetero) is 2. The van der Waals surface area contributed by atoms with Crippen molar-refractivity contribution in [2.24, 2.45) is 5.41 Å². The molecule has 1 aromatic rings. The Kier molecular flexibility index (Phi) is 12.6. The number of rotatable bonds is 4. The molecule has 1 rings (SSSR count). The van der Waals surface area contributed by atoms with Crippen molar-refractivity contribution in [2.45, 2.75) is 45.7 Å². The largest absolute Gasteiger partial charge is 0.458 e. The first kappa shape index (κ1) is 32.3. The highest BCUT2D eigenvalue weighted by atomic mass is 19.4. The van der Waals surface area contributed by atoms with Crippen molar-refractivity contribution in [2.75, 3.05) is 6.54 Å². The Hall–Kier alpha value is -2.93. The van der Waals surface area contributed by atoms with Crippen LogP contribution in [-0.4, -0.2) is 48.8 Å². The van der Waals surface area contributed by atoms with E-state index < -0.39 is 36.4 Å². The molecule has 0 fully saturated rings. The lowest BCUT2D eigenvalue weighted by atomic mass is 9.95. The van der Waals surface area contributed by atoms with Crippen LogP contribution >= 0.6 is 0 Å². The van der Waals surface area contributed by atoms with E-state index in [4.69, 9.17) is 4.79 Å². The fourth-order valence-electron chi connectivity index (χ4n) is 1.49. The summed E-state index contributed by atoms with van der Waals surface area (Å²) in [5, 5.41) is 2.93. The van der Waals surface area contributed by atoms with Gasteiger partial charge in [-0.25, -0.2) is 0 Å². The monoisotopic (exact) mass is 497 g/mol. The van der Waals surface area contributed by atoms with Crippen LogP contribution in [0.2, 0.25) is 0 Å². The molecule has 0 saturated heterocycles. The van der Waals surface area contributed by atoms with Gasteiger partial charge in [-0.3, -0.25) is 19.2 Å². The van der Waals surface area contributed by atoms with Gasteiger partial charge in [-0.05, 0) is 12.0 Å². The zero-order valence-corrected chi connectivity index (χ0v) is 17.4. The van der Waals surface area contributed by atoms with Gasteiger partial charge in [0.25, 0.3) is 0 Å². The van der Waals surface area contributed by atoms with Crippen molar-refractivity contribution < 1.29 is 58.7 Å². The number of aldehydes is 1. The molecular weight excluding hydrogens is 477 g/mol. The molecule has 1 aromatic carbocycles. The molecule has 0 unspecified atom stereocenters. The summed E-state index contributed by atoms with van der Waals surface area (Å²) in [4.78, 5) is 39.5. The van der Waals surface area contributed by atoms with Crippen LogP contribution in [0.3, 0.4) is 0 Å². The molecule has 0 radical (unpaired) electrons. The average Bonchev–Trinajstić information content (AvgIpc) is 2.65. The fourth-order valence-corrected chi connectivity index (χ4v) is 1.49. The lowest BCUT2D eigenvalue weighted by Crippen LogP contribution is -2.39. The molecule has 1 amide bonds. The molecule has 0 atom stereocenters. The molecule has 0 aromatic heterocycles. The van der Waals surface area contributed by atoms with Crippen LogP contribution in [-0.2, 0) is 25.6 Å². The van der Waals surface area contributed by atoms with Gasteiger partial charge in [0.15, 0.2) is 0 Å². The van der Waals surface area contributed by atoms with Crippen molar-refractivity contribution in [1.29, 1.82) is 0 Å². The first-order valence-electron chi connectivity index (χ1n) is 8.71. The van der Waals surface area contributed by atoms with Gasteiger partial charge in [0.05, 0.1) is 0 Å². The van der Waals surface area contributed by atoms with Crippen LogP contribution in [0.5, 0.6) is 0 Å². The second kappa shape index (κ2) is 12.9. The molecule has 5 nitrogen and oxygen atoms in total. The first-order valence-corrected chi connectivity index (χ1v) is 8.71. The third-order valence-electron chi connectivity index (χ3n) is 3.08. The normalized spacial score (nSPS) is 11.8. The number of amides is 1. The molecule has 0 aliphatic heterocycles. The van der Waals surface area contributed by atoms with Crippen molar-refractivity contribution >= 4 is 23.8 Å². The van der Waals surface area contributed by atoms with E-state index in [1.54, 1.807) is 0 Å². The van der Waals surface area contributed by atoms with E-state index in [0.717, 1.165) is 6.42 Å². The molecule has 0 aliphatic carbocycles. The molecule has 0 heterocycles. The van der Waals surface area contributed by atoms with E-state index in [2.05, 4.69) is 17.4 Å². The molecule has 1 N–H and O–H groups in total. The minimum atomic E-state index is -5.77.